The lowest BCUT2D eigenvalue weighted by atomic mass is 9.96. The third kappa shape index (κ3) is 6.02. The molecule has 2 N–H and O–H groups in total. The zero-order chi connectivity index (χ0) is 21.3. The van der Waals surface area contributed by atoms with Crippen LogP contribution in [0.25, 0.3) is 21.8 Å². The lowest BCUT2D eigenvalue weighted by Crippen LogP contribution is -2.38. The van der Waals surface area contributed by atoms with Crippen LogP contribution in [0.2, 0.25) is 0 Å². The molecule has 31 heavy (non-hydrogen) atoms. The molecule has 0 atom stereocenters. The smallest absolute Gasteiger partial charge is 0.129 e. The fourth-order valence-corrected chi connectivity index (χ4v) is 4.85. The van der Waals surface area contributed by atoms with Crippen LogP contribution in [0.5, 0.6) is 5.75 Å². The van der Waals surface area contributed by atoms with Gasteiger partial charge in [0.2, 0.25) is 0 Å². The van der Waals surface area contributed by atoms with Crippen LogP contribution in [0, 0.1) is 5.92 Å². The van der Waals surface area contributed by atoms with Crippen molar-refractivity contribution >= 4 is 21.8 Å². The van der Waals surface area contributed by atoms with Crippen LogP contribution in [0.1, 0.15) is 51.9 Å². The quantitative estimate of drug-likeness (QED) is 0.354. The van der Waals surface area contributed by atoms with E-state index in [9.17, 15) is 0 Å². The van der Waals surface area contributed by atoms with Gasteiger partial charge in [-0.1, -0.05) is 50.5 Å². The van der Waals surface area contributed by atoms with Crippen molar-refractivity contribution in [2.45, 2.75) is 51.9 Å². The number of aromatic amines is 1. The minimum absolute atomic E-state index is 0.752. The first-order valence-corrected chi connectivity index (χ1v) is 12.4. The highest BCUT2D eigenvalue weighted by atomic mass is 16.5. The molecule has 0 aliphatic carbocycles. The number of rotatable bonds is 12. The van der Waals surface area contributed by atoms with Crippen molar-refractivity contribution in [1.29, 1.82) is 0 Å². The van der Waals surface area contributed by atoms with Gasteiger partial charge in [0.25, 0.3) is 0 Å². The Morgan fingerprint density at radius 3 is 2.68 bits per heavy atom. The van der Waals surface area contributed by atoms with Crippen molar-refractivity contribution in [2.75, 3.05) is 39.3 Å². The zero-order valence-corrected chi connectivity index (χ0v) is 19.2. The molecule has 3 aromatic rings. The van der Waals surface area contributed by atoms with Gasteiger partial charge in [-0.05, 0) is 82.5 Å². The van der Waals surface area contributed by atoms with Crippen LogP contribution >= 0.6 is 0 Å². The van der Waals surface area contributed by atoms with E-state index in [4.69, 9.17) is 4.74 Å². The molecule has 1 aromatic heterocycles. The number of nitrogens with zero attached hydrogens (tertiary/aromatic N) is 1. The summed E-state index contributed by atoms with van der Waals surface area (Å²) in [5, 5.41) is 6.11. The molecule has 2 heterocycles. The van der Waals surface area contributed by atoms with Crippen molar-refractivity contribution in [2.24, 2.45) is 5.92 Å². The average molecular weight is 422 g/mol. The maximum atomic E-state index is 6.18. The second-order valence-corrected chi connectivity index (χ2v) is 9.10. The van der Waals surface area contributed by atoms with Crippen molar-refractivity contribution in [3.63, 3.8) is 0 Å². The van der Waals surface area contributed by atoms with Gasteiger partial charge < -0.3 is 19.9 Å². The summed E-state index contributed by atoms with van der Waals surface area (Å²) in [6.45, 7) is 9.10. The van der Waals surface area contributed by atoms with Crippen molar-refractivity contribution in [1.82, 2.24) is 15.2 Å². The Hall–Kier alpha value is -2.04. The number of unbranched alkanes of at least 4 members (excludes halogenated alkanes) is 3. The maximum Gasteiger partial charge on any atom is 0.129 e. The van der Waals surface area contributed by atoms with Gasteiger partial charge in [-0.25, -0.2) is 0 Å². The Kier molecular flexibility index (Phi) is 8.25. The Bertz CT molecular complexity index is 927. The molecule has 0 unspecified atom stereocenters. The Labute approximate surface area is 187 Å². The first-order valence-electron chi connectivity index (χ1n) is 12.4. The topological polar surface area (TPSA) is 40.3 Å². The lowest BCUT2D eigenvalue weighted by molar-refractivity contribution is 0.179. The van der Waals surface area contributed by atoms with Gasteiger partial charge in [-0.2, -0.15) is 0 Å². The van der Waals surface area contributed by atoms with Crippen molar-refractivity contribution in [3.8, 4) is 5.75 Å². The summed E-state index contributed by atoms with van der Waals surface area (Å²) < 4.78 is 6.18. The summed E-state index contributed by atoms with van der Waals surface area (Å²) in [7, 11) is 0. The van der Waals surface area contributed by atoms with Gasteiger partial charge in [0.05, 0.1) is 12.1 Å². The standard InChI is InChI=1S/C27H39N3O/c1-2-3-4-7-17-30-18-14-22(15-19-30)21-28-16-9-20-31-26-13-8-12-25-27(26)23-10-5-6-11-24(23)29-25/h5-6,8,10-13,22,28-29H,2-4,7,9,14-21H2,1H3. The maximum absolute atomic E-state index is 6.18. The molecule has 0 bridgehead atoms. The van der Waals surface area contributed by atoms with E-state index >= 15 is 0 Å². The molecule has 0 radical (unpaired) electrons. The van der Waals surface area contributed by atoms with E-state index in [-0.39, 0.29) is 0 Å². The zero-order valence-electron chi connectivity index (χ0n) is 19.2. The van der Waals surface area contributed by atoms with E-state index in [0.717, 1.165) is 43.3 Å². The highest BCUT2D eigenvalue weighted by molar-refractivity contribution is 6.10. The number of nitrogens with one attached hydrogen (secondary N) is 2. The third-order valence-corrected chi connectivity index (χ3v) is 6.72. The van der Waals surface area contributed by atoms with Gasteiger partial charge in [0.1, 0.15) is 5.75 Å². The molecule has 4 nitrogen and oxygen atoms in total. The molecule has 0 saturated carbocycles. The number of aromatic nitrogens is 1. The predicted molar refractivity (Wildman–Crippen MR) is 132 cm³/mol. The summed E-state index contributed by atoms with van der Waals surface area (Å²) >= 11 is 0. The highest BCUT2D eigenvalue weighted by Gasteiger charge is 2.18. The summed E-state index contributed by atoms with van der Waals surface area (Å²) in [5.41, 5.74) is 2.32. The molecule has 0 amide bonds. The van der Waals surface area contributed by atoms with Crippen LogP contribution in [-0.4, -0.2) is 49.2 Å². The number of ether oxygens (including phenoxy) is 1. The van der Waals surface area contributed by atoms with E-state index in [1.165, 1.54) is 74.4 Å². The van der Waals surface area contributed by atoms with E-state index < -0.39 is 0 Å². The van der Waals surface area contributed by atoms with E-state index in [2.05, 4.69) is 64.6 Å². The molecule has 1 aliphatic heterocycles. The van der Waals surface area contributed by atoms with Crippen LogP contribution in [0.4, 0.5) is 0 Å². The van der Waals surface area contributed by atoms with Crippen LogP contribution in [0.3, 0.4) is 0 Å². The number of fused-ring (bicyclic) bond motifs is 3. The largest absolute Gasteiger partial charge is 0.493 e. The van der Waals surface area contributed by atoms with Crippen molar-refractivity contribution < 1.29 is 4.74 Å². The van der Waals surface area contributed by atoms with Gasteiger partial charge in [0, 0.05) is 16.3 Å². The molecule has 1 fully saturated rings. The molecule has 4 heteroatoms. The van der Waals surface area contributed by atoms with E-state index in [1.807, 2.05) is 0 Å². The van der Waals surface area contributed by atoms with Crippen LogP contribution in [0.15, 0.2) is 42.5 Å². The average Bonchev–Trinajstić information content (AvgIpc) is 3.19. The molecule has 0 spiro atoms. The number of hydrogen-bond acceptors (Lipinski definition) is 3. The molecular weight excluding hydrogens is 382 g/mol. The van der Waals surface area contributed by atoms with Crippen LogP contribution < -0.4 is 10.1 Å². The second-order valence-electron chi connectivity index (χ2n) is 9.10. The first kappa shape index (κ1) is 22.2. The van der Waals surface area contributed by atoms with E-state index in [1.54, 1.807) is 0 Å². The highest BCUT2D eigenvalue weighted by Crippen LogP contribution is 2.32. The Morgan fingerprint density at radius 2 is 1.81 bits per heavy atom. The minimum atomic E-state index is 0.752. The lowest BCUT2D eigenvalue weighted by Gasteiger charge is -2.32. The number of piperidine rings is 1. The second kappa shape index (κ2) is 11.5. The summed E-state index contributed by atoms with van der Waals surface area (Å²) in [6, 6.07) is 14.7. The number of H-pyrrole nitrogens is 1. The van der Waals surface area contributed by atoms with Crippen molar-refractivity contribution in [3.05, 3.63) is 42.5 Å². The predicted octanol–water partition coefficient (Wildman–Crippen LogP) is 5.97. The van der Waals surface area contributed by atoms with Gasteiger partial charge in [0.15, 0.2) is 0 Å². The molecule has 2 aromatic carbocycles. The molecular formula is C27H39N3O. The monoisotopic (exact) mass is 421 g/mol. The van der Waals surface area contributed by atoms with Crippen LogP contribution in [-0.2, 0) is 0 Å². The summed E-state index contributed by atoms with van der Waals surface area (Å²) in [6.07, 6.45) is 9.23. The number of benzene rings is 2. The molecule has 1 saturated heterocycles. The number of para-hydroxylation sites is 1. The molecule has 1 aliphatic rings. The normalized spacial score (nSPS) is 15.8. The summed E-state index contributed by atoms with van der Waals surface area (Å²) in [4.78, 5) is 6.16. The fourth-order valence-electron chi connectivity index (χ4n) is 4.85. The number of likely N-dealkylation sites (tertiary alicyclic amines) is 1. The minimum Gasteiger partial charge on any atom is -0.493 e. The SMILES string of the molecule is CCCCCCN1CCC(CNCCCOc2cccc3[nH]c4ccccc4c23)CC1. The van der Waals surface area contributed by atoms with E-state index in [0.29, 0.717) is 0 Å². The van der Waals surface area contributed by atoms with Gasteiger partial charge in [-0.3, -0.25) is 0 Å². The Morgan fingerprint density at radius 1 is 0.968 bits per heavy atom. The molecule has 168 valence electrons. The Balaban J connectivity index is 1.13. The first-order chi connectivity index (χ1) is 15.3. The van der Waals surface area contributed by atoms with Gasteiger partial charge in [-0.15, -0.1) is 0 Å². The third-order valence-electron chi connectivity index (χ3n) is 6.72. The number of hydrogen-bond donors (Lipinski definition) is 2. The van der Waals surface area contributed by atoms with Gasteiger partial charge >= 0.3 is 0 Å². The summed E-state index contributed by atoms with van der Waals surface area (Å²) in [5.74, 6) is 1.83. The molecule has 4 rings (SSSR count). The fraction of sp³-hybridized carbons (Fsp3) is 0.556.